The minimum Gasteiger partial charge on any atom is -0.393 e. The lowest BCUT2D eigenvalue weighted by molar-refractivity contribution is -0.119. The molecule has 0 saturated heterocycles. The molecular formula is C23H21ClFN3O4S. The predicted octanol–water partition coefficient (Wildman–Crippen LogP) is 3.45. The van der Waals surface area contributed by atoms with Crippen LogP contribution in [0.5, 0.6) is 0 Å². The van der Waals surface area contributed by atoms with Gasteiger partial charge in [0, 0.05) is 36.7 Å². The lowest BCUT2D eigenvalue weighted by Gasteiger charge is -2.15. The summed E-state index contributed by atoms with van der Waals surface area (Å²) in [6.07, 6.45) is 1.35. The van der Waals surface area contributed by atoms with Gasteiger partial charge in [-0.2, -0.15) is 0 Å². The van der Waals surface area contributed by atoms with E-state index in [0.717, 1.165) is 11.3 Å². The Labute approximate surface area is 197 Å². The largest absolute Gasteiger partial charge is 0.393 e. The number of aromatic nitrogens is 1. The van der Waals surface area contributed by atoms with Gasteiger partial charge in [-0.25, -0.2) is 4.39 Å². The third-order valence-electron chi connectivity index (χ3n) is 5.66. The third-order valence-corrected chi connectivity index (χ3v) is 6.89. The molecule has 1 aromatic carbocycles. The number of carbonyl (C=O) groups is 2. The molecule has 3 aromatic rings. The lowest BCUT2D eigenvalue weighted by atomic mass is 10.0. The van der Waals surface area contributed by atoms with Crippen molar-refractivity contribution in [2.45, 2.75) is 18.9 Å². The number of hydrogen-bond acceptors (Lipinski definition) is 5. The molecule has 2 heterocycles. The van der Waals surface area contributed by atoms with Gasteiger partial charge in [0.15, 0.2) is 0 Å². The summed E-state index contributed by atoms with van der Waals surface area (Å²) in [4.78, 5) is 37.3. The molecular weight excluding hydrogens is 469 g/mol. The monoisotopic (exact) mass is 489 g/mol. The van der Waals surface area contributed by atoms with Crippen LogP contribution < -0.4 is 16.2 Å². The highest BCUT2D eigenvalue weighted by Crippen LogP contribution is 2.32. The first kappa shape index (κ1) is 23.2. The molecule has 1 fully saturated rings. The highest BCUT2D eigenvalue weighted by Gasteiger charge is 2.37. The molecule has 0 bridgehead atoms. The Bertz CT molecular complexity index is 1240. The number of thiophene rings is 1. The van der Waals surface area contributed by atoms with Gasteiger partial charge in [-0.15, -0.1) is 11.3 Å². The van der Waals surface area contributed by atoms with E-state index in [9.17, 15) is 23.9 Å². The standard InChI is InChI=1S/C23H21ClFN3O4S/c24-20-7-6-19(33-20)23(32)26-12-14-9-13(10-18(14)29)22(31)27-17-5-4-15(11-16(17)25)28-8-2-1-3-21(28)30/h1-8,11,13-14,18,29H,9-10,12H2,(H,26,32)(H,27,31)/t13-,14+,18-/m1/s1. The van der Waals surface area contributed by atoms with E-state index >= 15 is 0 Å². The van der Waals surface area contributed by atoms with Crippen molar-refractivity contribution >= 4 is 40.4 Å². The molecule has 0 unspecified atom stereocenters. The number of amides is 2. The molecule has 1 saturated carbocycles. The Balaban J connectivity index is 1.35. The minimum absolute atomic E-state index is 0.00598. The molecule has 172 valence electrons. The van der Waals surface area contributed by atoms with E-state index in [4.69, 9.17) is 11.6 Å². The zero-order valence-corrected chi connectivity index (χ0v) is 18.9. The van der Waals surface area contributed by atoms with Crippen molar-refractivity contribution in [1.29, 1.82) is 0 Å². The molecule has 10 heteroatoms. The average Bonchev–Trinajstić information content (AvgIpc) is 3.39. The normalized spacial score (nSPS) is 19.9. The number of pyridine rings is 1. The molecule has 2 aromatic heterocycles. The van der Waals surface area contributed by atoms with Crippen molar-refractivity contribution in [2.75, 3.05) is 11.9 Å². The van der Waals surface area contributed by atoms with Gasteiger partial charge in [-0.1, -0.05) is 17.7 Å². The van der Waals surface area contributed by atoms with E-state index in [1.54, 1.807) is 30.3 Å². The Morgan fingerprint density at radius 1 is 1.18 bits per heavy atom. The molecule has 0 aliphatic heterocycles. The number of benzene rings is 1. The van der Waals surface area contributed by atoms with Gasteiger partial charge < -0.3 is 15.7 Å². The van der Waals surface area contributed by atoms with Crippen molar-refractivity contribution in [3.8, 4) is 5.69 Å². The van der Waals surface area contributed by atoms with Crippen LogP contribution in [-0.2, 0) is 4.79 Å². The van der Waals surface area contributed by atoms with Crippen molar-refractivity contribution in [3.05, 3.63) is 80.1 Å². The van der Waals surface area contributed by atoms with E-state index in [1.807, 2.05) is 0 Å². The average molecular weight is 490 g/mol. The predicted molar refractivity (Wildman–Crippen MR) is 125 cm³/mol. The van der Waals surface area contributed by atoms with Gasteiger partial charge in [0.05, 0.1) is 26.7 Å². The molecule has 3 atom stereocenters. The number of aliphatic hydroxyl groups excluding tert-OH is 1. The number of nitrogens with one attached hydrogen (secondary N) is 2. The fourth-order valence-corrected chi connectivity index (χ4v) is 4.87. The van der Waals surface area contributed by atoms with E-state index < -0.39 is 23.7 Å². The van der Waals surface area contributed by atoms with E-state index in [2.05, 4.69) is 10.6 Å². The smallest absolute Gasteiger partial charge is 0.261 e. The summed E-state index contributed by atoms with van der Waals surface area (Å²) in [5.74, 6) is -2.18. The highest BCUT2D eigenvalue weighted by molar-refractivity contribution is 7.18. The van der Waals surface area contributed by atoms with Gasteiger partial charge in [-0.3, -0.25) is 19.0 Å². The second-order valence-electron chi connectivity index (χ2n) is 7.87. The van der Waals surface area contributed by atoms with E-state index in [-0.39, 0.29) is 36.0 Å². The number of anilines is 1. The number of carbonyl (C=O) groups excluding carboxylic acids is 2. The quantitative estimate of drug-likeness (QED) is 0.493. The Hall–Kier alpha value is -3.01. The van der Waals surface area contributed by atoms with Gasteiger partial charge in [0.1, 0.15) is 5.82 Å². The van der Waals surface area contributed by atoms with Crippen molar-refractivity contribution in [2.24, 2.45) is 11.8 Å². The summed E-state index contributed by atoms with van der Waals surface area (Å²) in [5.41, 5.74) is 0.0395. The summed E-state index contributed by atoms with van der Waals surface area (Å²) >= 11 is 7.01. The number of halogens is 2. The highest BCUT2D eigenvalue weighted by atomic mass is 35.5. The molecule has 2 amide bonds. The van der Waals surface area contributed by atoms with Crippen LogP contribution in [0.1, 0.15) is 22.5 Å². The lowest BCUT2D eigenvalue weighted by Crippen LogP contribution is -2.32. The van der Waals surface area contributed by atoms with E-state index in [0.29, 0.717) is 21.3 Å². The SMILES string of the molecule is O=C(NC[C@@H]1C[C@@H](C(=O)Nc2ccc(-n3ccccc3=O)cc2F)C[C@H]1O)c1ccc(Cl)s1. The minimum atomic E-state index is -0.759. The van der Waals surface area contributed by atoms with Crippen LogP contribution in [0.3, 0.4) is 0 Å². The Morgan fingerprint density at radius 3 is 2.70 bits per heavy atom. The number of rotatable bonds is 6. The summed E-state index contributed by atoms with van der Waals surface area (Å²) in [5, 5.41) is 15.7. The van der Waals surface area contributed by atoms with Crippen LogP contribution >= 0.6 is 22.9 Å². The first-order valence-corrected chi connectivity index (χ1v) is 11.5. The van der Waals surface area contributed by atoms with Gasteiger partial charge in [0.2, 0.25) is 5.91 Å². The van der Waals surface area contributed by atoms with Crippen LogP contribution in [0.4, 0.5) is 10.1 Å². The molecule has 1 aliphatic rings. The number of hydrogen-bond donors (Lipinski definition) is 3. The fraction of sp³-hybridized carbons (Fsp3) is 0.261. The van der Waals surface area contributed by atoms with Gasteiger partial charge in [0.25, 0.3) is 11.5 Å². The van der Waals surface area contributed by atoms with Crippen LogP contribution in [-0.4, -0.2) is 34.1 Å². The summed E-state index contributed by atoms with van der Waals surface area (Å²) in [6, 6.07) is 12.0. The third kappa shape index (κ3) is 5.32. The van der Waals surface area contributed by atoms with Crippen molar-refractivity contribution in [1.82, 2.24) is 9.88 Å². The van der Waals surface area contributed by atoms with Gasteiger partial charge in [-0.05, 0) is 43.2 Å². The molecule has 4 rings (SSSR count). The number of aliphatic hydroxyl groups is 1. The fourth-order valence-electron chi connectivity index (χ4n) is 3.91. The summed E-state index contributed by atoms with van der Waals surface area (Å²) < 4.78 is 16.4. The summed E-state index contributed by atoms with van der Waals surface area (Å²) in [7, 11) is 0. The molecule has 0 radical (unpaired) electrons. The maximum Gasteiger partial charge on any atom is 0.261 e. The summed E-state index contributed by atoms with van der Waals surface area (Å²) in [6.45, 7) is 0.216. The zero-order valence-electron chi connectivity index (χ0n) is 17.3. The molecule has 33 heavy (non-hydrogen) atoms. The maximum absolute atomic E-state index is 14.6. The van der Waals surface area contributed by atoms with Crippen molar-refractivity contribution in [3.63, 3.8) is 0 Å². The topological polar surface area (TPSA) is 100 Å². The second kappa shape index (κ2) is 9.86. The van der Waals surface area contributed by atoms with Crippen LogP contribution in [0.15, 0.2) is 59.5 Å². The van der Waals surface area contributed by atoms with Gasteiger partial charge >= 0.3 is 0 Å². The van der Waals surface area contributed by atoms with Crippen LogP contribution in [0.25, 0.3) is 5.69 Å². The number of nitrogens with zero attached hydrogens (tertiary/aromatic N) is 1. The van der Waals surface area contributed by atoms with Crippen LogP contribution in [0.2, 0.25) is 4.34 Å². The van der Waals surface area contributed by atoms with Crippen LogP contribution in [0, 0.1) is 17.7 Å². The Morgan fingerprint density at radius 2 is 2.00 bits per heavy atom. The van der Waals surface area contributed by atoms with E-state index in [1.165, 1.54) is 29.0 Å². The van der Waals surface area contributed by atoms with Crippen molar-refractivity contribution < 1.29 is 19.1 Å². The first-order chi connectivity index (χ1) is 15.8. The molecule has 3 N–H and O–H groups in total. The first-order valence-electron chi connectivity index (χ1n) is 10.3. The second-order valence-corrected chi connectivity index (χ2v) is 9.59. The molecule has 1 aliphatic carbocycles. The molecule has 7 nitrogen and oxygen atoms in total. The maximum atomic E-state index is 14.6. The Kier molecular flexibility index (Phi) is 6.92. The zero-order chi connectivity index (χ0) is 23.5. The molecule has 0 spiro atoms.